The van der Waals surface area contributed by atoms with Crippen LogP contribution in [0.2, 0.25) is 0 Å². The van der Waals surface area contributed by atoms with Gasteiger partial charge in [-0.15, -0.1) is 0 Å². The summed E-state index contributed by atoms with van der Waals surface area (Å²) in [5, 5.41) is 10.5. The van der Waals surface area contributed by atoms with Gasteiger partial charge in [-0.05, 0) is 11.3 Å². The third-order valence-electron chi connectivity index (χ3n) is 1.59. The van der Waals surface area contributed by atoms with Crippen LogP contribution >= 0.6 is 15.9 Å². The fourth-order valence-electron chi connectivity index (χ4n) is 0.982. The molecule has 5 nitrogen and oxygen atoms in total. The number of nitrogens with zero attached hydrogens (tertiary/aromatic N) is 3. The average Bonchev–Trinajstić information content (AvgIpc) is 2.28. The molecule has 0 bridgehead atoms. The molecule has 6 heteroatoms. The van der Waals surface area contributed by atoms with Gasteiger partial charge in [-0.25, -0.2) is 4.57 Å². The van der Waals surface area contributed by atoms with Crippen LogP contribution in [0.1, 0.15) is 12.6 Å². The Morgan fingerprint density at radius 1 is 1.75 bits per heavy atom. The number of hydrogen-bond acceptors (Lipinski definition) is 3. The van der Waals surface area contributed by atoms with E-state index in [4.69, 9.17) is 0 Å². The molecule has 0 radical (unpaired) electrons. The predicted octanol–water partition coefficient (Wildman–Crippen LogP) is 1.65. The molecular formula is C6H8BrN3O2. The molecule has 0 unspecified atom stereocenters. The zero-order chi connectivity index (χ0) is 9.30. The molecule has 0 aliphatic rings. The topological polar surface area (TPSA) is 61.0 Å². The third kappa shape index (κ3) is 1.34. The standard InChI is InChI=1S/C6H8BrN3O2/c1-3-4-5(10(11)12)9(2)6(7)8-4/h3H2,1-2H3. The molecule has 0 N–H and O–H groups in total. The van der Waals surface area contributed by atoms with Crippen molar-refractivity contribution in [3.8, 4) is 0 Å². The highest BCUT2D eigenvalue weighted by atomic mass is 79.9. The zero-order valence-electron chi connectivity index (χ0n) is 6.74. The summed E-state index contributed by atoms with van der Waals surface area (Å²) in [7, 11) is 1.61. The Morgan fingerprint density at radius 2 is 2.33 bits per heavy atom. The van der Waals surface area contributed by atoms with Crippen LogP contribution in [0.15, 0.2) is 4.73 Å². The summed E-state index contributed by atoms with van der Waals surface area (Å²) < 4.78 is 1.91. The average molecular weight is 234 g/mol. The second kappa shape index (κ2) is 3.22. The zero-order valence-corrected chi connectivity index (χ0v) is 8.33. The molecule has 1 heterocycles. The Kier molecular flexibility index (Phi) is 2.46. The molecule has 0 aromatic carbocycles. The van der Waals surface area contributed by atoms with E-state index in [0.717, 1.165) is 0 Å². The van der Waals surface area contributed by atoms with Crippen LogP contribution < -0.4 is 0 Å². The molecule has 0 saturated carbocycles. The third-order valence-corrected chi connectivity index (χ3v) is 2.30. The molecule has 0 saturated heterocycles. The Hall–Kier alpha value is -0.910. The molecule has 66 valence electrons. The fraction of sp³-hybridized carbons (Fsp3) is 0.500. The lowest BCUT2D eigenvalue weighted by Gasteiger charge is -1.95. The smallest absolute Gasteiger partial charge is 0.346 e. The maximum Gasteiger partial charge on any atom is 0.346 e. The number of aromatic nitrogens is 2. The lowest BCUT2D eigenvalue weighted by molar-refractivity contribution is -0.392. The highest BCUT2D eigenvalue weighted by molar-refractivity contribution is 9.10. The molecule has 1 rings (SSSR count). The van der Waals surface area contributed by atoms with Crippen molar-refractivity contribution in [2.45, 2.75) is 13.3 Å². The summed E-state index contributed by atoms with van der Waals surface area (Å²) in [4.78, 5) is 14.1. The van der Waals surface area contributed by atoms with E-state index in [1.54, 1.807) is 7.05 Å². The number of nitro groups is 1. The fourth-order valence-corrected chi connectivity index (χ4v) is 1.36. The monoisotopic (exact) mass is 233 g/mol. The van der Waals surface area contributed by atoms with Crippen molar-refractivity contribution in [1.29, 1.82) is 0 Å². The van der Waals surface area contributed by atoms with Crippen molar-refractivity contribution >= 4 is 21.7 Å². The Labute approximate surface area is 77.7 Å². The molecule has 0 spiro atoms. The van der Waals surface area contributed by atoms with E-state index in [1.165, 1.54) is 4.57 Å². The van der Waals surface area contributed by atoms with Crippen LogP contribution in [0.5, 0.6) is 0 Å². The minimum Gasteiger partial charge on any atom is -0.358 e. The summed E-state index contributed by atoms with van der Waals surface area (Å²) in [6.45, 7) is 1.84. The first-order valence-corrected chi connectivity index (χ1v) is 4.22. The number of halogens is 1. The van der Waals surface area contributed by atoms with Gasteiger partial charge in [0.15, 0.2) is 0 Å². The van der Waals surface area contributed by atoms with E-state index in [9.17, 15) is 10.1 Å². The molecule has 0 aliphatic heterocycles. The van der Waals surface area contributed by atoms with Gasteiger partial charge in [0.1, 0.15) is 5.69 Å². The van der Waals surface area contributed by atoms with E-state index in [-0.39, 0.29) is 5.82 Å². The van der Waals surface area contributed by atoms with Crippen LogP contribution in [0.25, 0.3) is 0 Å². The highest BCUT2D eigenvalue weighted by Crippen LogP contribution is 2.22. The van der Waals surface area contributed by atoms with Gasteiger partial charge < -0.3 is 10.1 Å². The largest absolute Gasteiger partial charge is 0.358 e. The van der Waals surface area contributed by atoms with Gasteiger partial charge in [0.25, 0.3) is 4.73 Å². The van der Waals surface area contributed by atoms with Gasteiger partial charge in [0, 0.05) is 15.9 Å². The maximum absolute atomic E-state index is 10.5. The molecule has 0 aliphatic carbocycles. The second-order valence-corrected chi connectivity index (χ2v) is 3.03. The first-order valence-electron chi connectivity index (χ1n) is 3.43. The van der Waals surface area contributed by atoms with Gasteiger partial charge in [-0.1, -0.05) is 6.92 Å². The number of imidazole rings is 1. The molecular weight excluding hydrogens is 226 g/mol. The SMILES string of the molecule is CCc1nc(Br)n(C)c1[N+](=O)[O-]. The van der Waals surface area contributed by atoms with Gasteiger partial charge in [-0.3, -0.25) is 0 Å². The van der Waals surface area contributed by atoms with E-state index in [2.05, 4.69) is 20.9 Å². The van der Waals surface area contributed by atoms with Crippen molar-refractivity contribution in [3.05, 3.63) is 20.5 Å². The van der Waals surface area contributed by atoms with Gasteiger partial charge in [0.05, 0.1) is 7.05 Å². The number of hydrogen-bond donors (Lipinski definition) is 0. The van der Waals surface area contributed by atoms with Crippen molar-refractivity contribution in [2.24, 2.45) is 7.05 Å². The molecule has 1 aromatic rings. The van der Waals surface area contributed by atoms with Gasteiger partial charge in [0.2, 0.25) is 0 Å². The first kappa shape index (κ1) is 9.18. The van der Waals surface area contributed by atoms with Gasteiger partial charge >= 0.3 is 5.82 Å². The summed E-state index contributed by atoms with van der Waals surface area (Å²) in [5.74, 6) is 0.0596. The van der Waals surface area contributed by atoms with E-state index in [0.29, 0.717) is 16.8 Å². The van der Waals surface area contributed by atoms with Crippen LogP contribution in [0.3, 0.4) is 0 Å². The summed E-state index contributed by atoms with van der Waals surface area (Å²) in [6.07, 6.45) is 0.565. The van der Waals surface area contributed by atoms with Crippen molar-refractivity contribution in [1.82, 2.24) is 9.55 Å². The van der Waals surface area contributed by atoms with E-state index in [1.807, 2.05) is 6.92 Å². The molecule has 1 aromatic heterocycles. The molecule has 0 amide bonds. The molecule has 0 atom stereocenters. The first-order chi connectivity index (χ1) is 5.57. The van der Waals surface area contributed by atoms with E-state index >= 15 is 0 Å². The number of rotatable bonds is 2. The molecule has 0 fully saturated rings. The molecule has 12 heavy (non-hydrogen) atoms. The number of aryl methyl sites for hydroxylation is 1. The van der Waals surface area contributed by atoms with Crippen molar-refractivity contribution < 1.29 is 4.92 Å². The van der Waals surface area contributed by atoms with Crippen LogP contribution in [-0.4, -0.2) is 14.5 Å². The summed E-state index contributed by atoms with van der Waals surface area (Å²) in [5.41, 5.74) is 0.509. The second-order valence-electron chi connectivity index (χ2n) is 2.32. The summed E-state index contributed by atoms with van der Waals surface area (Å²) >= 11 is 3.12. The minimum atomic E-state index is -0.420. The van der Waals surface area contributed by atoms with Crippen LogP contribution in [0, 0.1) is 10.1 Å². The Morgan fingerprint density at radius 3 is 2.67 bits per heavy atom. The lowest BCUT2D eigenvalue weighted by atomic mass is 10.3. The van der Waals surface area contributed by atoms with Crippen molar-refractivity contribution in [2.75, 3.05) is 0 Å². The van der Waals surface area contributed by atoms with Crippen LogP contribution in [0.4, 0.5) is 5.82 Å². The highest BCUT2D eigenvalue weighted by Gasteiger charge is 2.21. The van der Waals surface area contributed by atoms with Crippen molar-refractivity contribution in [3.63, 3.8) is 0 Å². The van der Waals surface area contributed by atoms with E-state index < -0.39 is 4.92 Å². The lowest BCUT2D eigenvalue weighted by Crippen LogP contribution is -1.99. The Bertz CT molecular complexity index is 321. The normalized spacial score (nSPS) is 10.2. The predicted molar refractivity (Wildman–Crippen MR) is 46.9 cm³/mol. The quantitative estimate of drug-likeness (QED) is 0.577. The minimum absolute atomic E-state index is 0.0596. The Balaban J connectivity index is 3.31. The van der Waals surface area contributed by atoms with Crippen LogP contribution in [-0.2, 0) is 13.5 Å². The summed E-state index contributed by atoms with van der Waals surface area (Å²) in [6, 6.07) is 0. The van der Waals surface area contributed by atoms with Gasteiger partial charge in [-0.2, -0.15) is 4.98 Å². The maximum atomic E-state index is 10.5.